The summed E-state index contributed by atoms with van der Waals surface area (Å²) in [5.74, 6) is -0.672. The first kappa shape index (κ1) is 12.5. The molecular weight excluding hydrogens is 190 g/mol. The number of hydrogen-bond acceptors (Lipinski definition) is 2. The molecule has 0 aromatic rings. The fourth-order valence-corrected chi connectivity index (χ4v) is 2.35. The minimum absolute atomic E-state index is 0.317. The Labute approximate surface area is 92.5 Å². The van der Waals surface area contributed by atoms with Gasteiger partial charge in [0.1, 0.15) is 0 Å². The molecule has 1 N–H and O–H groups in total. The highest BCUT2D eigenvalue weighted by atomic mass is 16.4. The quantitative estimate of drug-likeness (QED) is 0.713. The van der Waals surface area contributed by atoms with Crippen LogP contribution in [0.2, 0.25) is 0 Å². The highest BCUT2D eigenvalue weighted by Gasteiger charge is 2.25. The number of carboxylic acid groups (broad SMARTS) is 1. The first-order valence-corrected chi connectivity index (χ1v) is 5.94. The van der Waals surface area contributed by atoms with Crippen LogP contribution in [0.3, 0.4) is 0 Å². The number of carbonyl (C=O) groups is 1. The van der Waals surface area contributed by atoms with E-state index in [1.54, 1.807) is 0 Å². The smallest absolute Gasteiger partial charge is 0.303 e. The van der Waals surface area contributed by atoms with Crippen molar-refractivity contribution in [2.45, 2.75) is 46.0 Å². The molecule has 3 nitrogen and oxygen atoms in total. The van der Waals surface area contributed by atoms with Gasteiger partial charge in [-0.15, -0.1) is 0 Å². The molecule has 0 amide bonds. The topological polar surface area (TPSA) is 40.5 Å². The summed E-state index contributed by atoms with van der Waals surface area (Å²) >= 11 is 0. The van der Waals surface area contributed by atoms with E-state index >= 15 is 0 Å². The first-order valence-electron chi connectivity index (χ1n) is 5.94. The first-order chi connectivity index (χ1) is 6.99. The maximum Gasteiger partial charge on any atom is 0.303 e. The summed E-state index contributed by atoms with van der Waals surface area (Å²) in [6.45, 7) is 8.06. The Balaban J connectivity index is 2.13. The molecule has 0 atom stereocenters. The van der Waals surface area contributed by atoms with Crippen molar-refractivity contribution >= 4 is 5.97 Å². The molecule has 1 rings (SSSR count). The molecule has 1 saturated heterocycles. The molecular formula is C12H23NO2. The highest BCUT2D eigenvalue weighted by molar-refractivity contribution is 5.66. The van der Waals surface area contributed by atoms with E-state index in [0.29, 0.717) is 11.8 Å². The Morgan fingerprint density at radius 1 is 1.40 bits per heavy atom. The third kappa shape index (κ3) is 5.17. The van der Waals surface area contributed by atoms with E-state index in [9.17, 15) is 4.79 Å². The summed E-state index contributed by atoms with van der Waals surface area (Å²) < 4.78 is 0. The second-order valence-corrected chi connectivity index (χ2v) is 5.39. The number of rotatable bonds is 5. The number of piperidine rings is 1. The van der Waals surface area contributed by atoms with Crippen LogP contribution in [0.15, 0.2) is 0 Å². The fraction of sp³-hybridized carbons (Fsp3) is 0.917. The second kappa shape index (κ2) is 5.50. The highest BCUT2D eigenvalue weighted by Crippen LogP contribution is 2.28. The lowest BCUT2D eigenvalue weighted by Crippen LogP contribution is -2.40. The molecule has 0 unspecified atom stereocenters. The van der Waals surface area contributed by atoms with Crippen molar-refractivity contribution in [1.29, 1.82) is 0 Å². The van der Waals surface area contributed by atoms with Crippen LogP contribution < -0.4 is 0 Å². The number of nitrogens with zero attached hydrogens (tertiary/aromatic N) is 1. The molecule has 1 aliphatic rings. The lowest BCUT2D eigenvalue weighted by Gasteiger charge is -2.38. The van der Waals surface area contributed by atoms with Crippen LogP contribution >= 0.6 is 0 Å². The standard InChI is InChI=1S/C12H23NO2/c1-12(2)7-5-9-13(10-12)8-4-3-6-11(14)15/h3-10H2,1-2H3,(H,14,15). The van der Waals surface area contributed by atoms with Gasteiger partial charge in [-0.2, -0.15) is 0 Å². The number of unbranched alkanes of at least 4 members (excludes halogenated alkanes) is 1. The van der Waals surface area contributed by atoms with Crippen LogP contribution in [-0.2, 0) is 4.79 Å². The van der Waals surface area contributed by atoms with Crippen molar-refractivity contribution in [2.75, 3.05) is 19.6 Å². The molecule has 0 bridgehead atoms. The van der Waals surface area contributed by atoms with Gasteiger partial charge >= 0.3 is 5.97 Å². The van der Waals surface area contributed by atoms with Crippen molar-refractivity contribution in [3.63, 3.8) is 0 Å². The van der Waals surface area contributed by atoms with Gasteiger partial charge in [0.2, 0.25) is 0 Å². The van der Waals surface area contributed by atoms with Gasteiger partial charge in [-0.05, 0) is 44.2 Å². The fourth-order valence-electron chi connectivity index (χ4n) is 2.35. The van der Waals surface area contributed by atoms with Gasteiger partial charge in [-0.25, -0.2) is 0 Å². The van der Waals surface area contributed by atoms with Gasteiger partial charge in [0, 0.05) is 13.0 Å². The average molecular weight is 213 g/mol. The molecule has 3 heteroatoms. The predicted octanol–water partition coefficient (Wildman–Crippen LogP) is 2.36. The minimum atomic E-state index is -0.672. The Morgan fingerprint density at radius 3 is 2.73 bits per heavy atom. The molecule has 0 aliphatic carbocycles. The van der Waals surface area contributed by atoms with E-state index in [0.717, 1.165) is 19.4 Å². The van der Waals surface area contributed by atoms with Crippen molar-refractivity contribution in [2.24, 2.45) is 5.41 Å². The number of hydrogen-bond donors (Lipinski definition) is 1. The van der Waals surface area contributed by atoms with Crippen LogP contribution in [0.5, 0.6) is 0 Å². The maximum atomic E-state index is 10.3. The molecule has 0 spiro atoms. The Kier molecular flexibility index (Phi) is 4.58. The summed E-state index contributed by atoms with van der Waals surface area (Å²) in [6, 6.07) is 0. The molecule has 0 radical (unpaired) electrons. The van der Waals surface area contributed by atoms with E-state index in [1.165, 1.54) is 25.9 Å². The van der Waals surface area contributed by atoms with Crippen LogP contribution in [0.1, 0.15) is 46.0 Å². The summed E-state index contributed by atoms with van der Waals surface area (Å²) in [7, 11) is 0. The van der Waals surface area contributed by atoms with Gasteiger partial charge in [-0.3, -0.25) is 4.79 Å². The normalized spacial score (nSPS) is 21.5. The van der Waals surface area contributed by atoms with Gasteiger partial charge < -0.3 is 10.0 Å². The Morgan fingerprint density at radius 2 is 2.13 bits per heavy atom. The largest absolute Gasteiger partial charge is 0.481 e. The number of carboxylic acids is 1. The molecule has 0 aromatic heterocycles. The lowest BCUT2D eigenvalue weighted by molar-refractivity contribution is -0.137. The van der Waals surface area contributed by atoms with Crippen molar-refractivity contribution in [1.82, 2.24) is 4.90 Å². The third-order valence-electron chi connectivity index (χ3n) is 3.09. The molecule has 1 aliphatic heterocycles. The van der Waals surface area contributed by atoms with E-state index < -0.39 is 5.97 Å². The predicted molar refractivity (Wildman–Crippen MR) is 60.9 cm³/mol. The summed E-state index contributed by atoms with van der Waals surface area (Å²) in [4.78, 5) is 12.8. The average Bonchev–Trinajstić information content (AvgIpc) is 2.10. The van der Waals surface area contributed by atoms with Crippen LogP contribution in [0.25, 0.3) is 0 Å². The van der Waals surface area contributed by atoms with E-state index in [-0.39, 0.29) is 0 Å². The van der Waals surface area contributed by atoms with Gasteiger partial charge in [0.05, 0.1) is 0 Å². The Hall–Kier alpha value is -0.570. The molecule has 15 heavy (non-hydrogen) atoms. The number of likely N-dealkylation sites (tertiary alicyclic amines) is 1. The van der Waals surface area contributed by atoms with E-state index in [2.05, 4.69) is 18.7 Å². The van der Waals surface area contributed by atoms with Gasteiger partial charge in [0.15, 0.2) is 0 Å². The van der Waals surface area contributed by atoms with E-state index in [4.69, 9.17) is 5.11 Å². The van der Waals surface area contributed by atoms with Gasteiger partial charge in [-0.1, -0.05) is 13.8 Å². The molecule has 1 heterocycles. The zero-order chi connectivity index (χ0) is 11.3. The zero-order valence-corrected chi connectivity index (χ0v) is 9.96. The van der Waals surface area contributed by atoms with Gasteiger partial charge in [0.25, 0.3) is 0 Å². The SMILES string of the molecule is CC1(C)CCCN(CCCCC(=O)O)C1. The molecule has 1 fully saturated rings. The van der Waals surface area contributed by atoms with Crippen LogP contribution in [0, 0.1) is 5.41 Å². The summed E-state index contributed by atoms with van der Waals surface area (Å²) in [5.41, 5.74) is 0.449. The van der Waals surface area contributed by atoms with Crippen molar-refractivity contribution in [3.05, 3.63) is 0 Å². The van der Waals surface area contributed by atoms with Crippen molar-refractivity contribution in [3.8, 4) is 0 Å². The molecule has 0 saturated carbocycles. The number of aliphatic carboxylic acids is 1. The summed E-state index contributed by atoms with van der Waals surface area (Å²) in [5, 5.41) is 8.52. The summed E-state index contributed by atoms with van der Waals surface area (Å²) in [6.07, 6.45) is 4.75. The third-order valence-corrected chi connectivity index (χ3v) is 3.09. The second-order valence-electron chi connectivity index (χ2n) is 5.39. The van der Waals surface area contributed by atoms with Crippen LogP contribution in [-0.4, -0.2) is 35.6 Å². The minimum Gasteiger partial charge on any atom is -0.481 e. The zero-order valence-electron chi connectivity index (χ0n) is 9.96. The molecule has 0 aromatic carbocycles. The van der Waals surface area contributed by atoms with E-state index in [1.807, 2.05) is 0 Å². The van der Waals surface area contributed by atoms with Crippen molar-refractivity contribution < 1.29 is 9.90 Å². The monoisotopic (exact) mass is 213 g/mol. The lowest BCUT2D eigenvalue weighted by atomic mass is 9.84. The Bertz CT molecular complexity index is 214. The van der Waals surface area contributed by atoms with Crippen LogP contribution in [0.4, 0.5) is 0 Å². The maximum absolute atomic E-state index is 10.3. The molecule has 88 valence electrons.